The van der Waals surface area contributed by atoms with Crippen LogP contribution in [0.25, 0.3) is 5.69 Å². The second-order valence-corrected chi connectivity index (χ2v) is 10.9. The molecule has 1 aliphatic carbocycles. The lowest BCUT2D eigenvalue weighted by Crippen LogP contribution is -2.70. The van der Waals surface area contributed by atoms with Gasteiger partial charge in [-0.2, -0.15) is 4.89 Å². The summed E-state index contributed by atoms with van der Waals surface area (Å²) in [5.74, 6) is -0.875. The predicted molar refractivity (Wildman–Crippen MR) is 124 cm³/mol. The van der Waals surface area contributed by atoms with Gasteiger partial charge in [0.05, 0.1) is 18.5 Å². The maximum absolute atomic E-state index is 12.0. The van der Waals surface area contributed by atoms with Crippen molar-refractivity contribution in [2.24, 2.45) is 23.7 Å². The summed E-state index contributed by atoms with van der Waals surface area (Å²) in [5, 5.41) is 19.3. The molecule has 0 radical (unpaired) electrons. The molecule has 7 rings (SSSR count). The summed E-state index contributed by atoms with van der Waals surface area (Å²) in [6.07, 6.45) is 2.15. The molecular weight excluding hydrogens is 466 g/mol. The van der Waals surface area contributed by atoms with Crippen molar-refractivity contribution in [2.45, 2.75) is 83.6 Å². The Kier molecular flexibility index (Phi) is 5.82. The molecule has 4 saturated heterocycles. The van der Waals surface area contributed by atoms with Crippen molar-refractivity contribution in [1.29, 1.82) is 0 Å². The van der Waals surface area contributed by atoms with Crippen LogP contribution in [0.4, 0.5) is 0 Å². The Morgan fingerprint density at radius 3 is 2.83 bits per heavy atom. The van der Waals surface area contributed by atoms with Gasteiger partial charge < -0.3 is 19.3 Å². The Morgan fingerprint density at radius 1 is 1.22 bits per heavy atom. The van der Waals surface area contributed by atoms with Crippen LogP contribution in [0.15, 0.2) is 30.5 Å². The van der Waals surface area contributed by atoms with E-state index in [0.29, 0.717) is 29.3 Å². The van der Waals surface area contributed by atoms with Crippen LogP contribution in [0.5, 0.6) is 0 Å². The minimum atomic E-state index is -1.30. The van der Waals surface area contributed by atoms with Gasteiger partial charge in [0.25, 0.3) is 0 Å². The summed E-state index contributed by atoms with van der Waals surface area (Å²) in [6, 6.07) is 7.28. The summed E-state index contributed by atoms with van der Waals surface area (Å²) in [4.78, 5) is 23.9. The smallest absolute Gasteiger partial charge is 0.227 e. The molecule has 10 heteroatoms. The molecule has 1 N–H and O–H groups in total. The zero-order valence-corrected chi connectivity index (χ0v) is 21.0. The fourth-order valence-corrected chi connectivity index (χ4v) is 6.64. The standard InChI is InChI=1S/C26H33N3O7/c1-14-9-10-19-15(2)23(33-24-26(19)20(14)11-22(31)25(4,34-24)35-36-26)32-13-17-12-29(28-27-17)21-8-6-5-7-18(21)16(3)30/h5-8,12,14-15,19-20,22-24,31H,9-11,13H2,1-4H3/t14-,15-,19+,20+,22-,23+,24-,25-,26+/m1/s1. The Morgan fingerprint density at radius 2 is 2.03 bits per heavy atom. The van der Waals surface area contributed by atoms with E-state index in [2.05, 4.69) is 24.2 Å². The van der Waals surface area contributed by atoms with Crippen molar-refractivity contribution in [3.63, 3.8) is 0 Å². The second-order valence-electron chi connectivity index (χ2n) is 10.9. The summed E-state index contributed by atoms with van der Waals surface area (Å²) in [7, 11) is 0. The second kappa shape index (κ2) is 8.68. The number of aliphatic hydroxyl groups is 1. The molecule has 1 aromatic heterocycles. The fraction of sp³-hybridized carbons (Fsp3) is 0.654. The fourth-order valence-electron chi connectivity index (χ4n) is 6.64. The first-order valence-electron chi connectivity index (χ1n) is 12.7. The number of aliphatic hydroxyl groups excluding tert-OH is 1. The number of carbonyl (C=O) groups is 1. The quantitative estimate of drug-likeness (QED) is 0.489. The van der Waals surface area contributed by atoms with E-state index in [1.165, 1.54) is 6.92 Å². The summed E-state index contributed by atoms with van der Waals surface area (Å²) < 4.78 is 20.5. The van der Waals surface area contributed by atoms with Crippen LogP contribution in [0.3, 0.4) is 0 Å². The molecule has 4 aliphatic heterocycles. The van der Waals surface area contributed by atoms with Gasteiger partial charge in [-0.05, 0) is 51.2 Å². The summed E-state index contributed by atoms with van der Waals surface area (Å²) in [5.41, 5.74) is 1.07. The molecule has 2 aromatic rings. The third-order valence-corrected chi connectivity index (χ3v) is 8.71. The minimum Gasteiger partial charge on any atom is -0.387 e. The first-order chi connectivity index (χ1) is 17.2. The Hall–Kier alpha value is -2.21. The lowest BCUT2D eigenvalue weighted by Gasteiger charge is -2.60. The number of carbonyl (C=O) groups excluding carboxylic acids is 1. The van der Waals surface area contributed by atoms with Gasteiger partial charge >= 0.3 is 0 Å². The van der Waals surface area contributed by atoms with E-state index < -0.39 is 30.1 Å². The van der Waals surface area contributed by atoms with Gasteiger partial charge in [-0.25, -0.2) is 9.57 Å². The van der Waals surface area contributed by atoms with Gasteiger partial charge in [0.1, 0.15) is 11.8 Å². The van der Waals surface area contributed by atoms with Crippen molar-refractivity contribution in [2.75, 3.05) is 0 Å². The molecule has 1 saturated carbocycles. The molecule has 36 heavy (non-hydrogen) atoms. The zero-order chi connectivity index (χ0) is 25.2. The number of hydrogen-bond donors (Lipinski definition) is 1. The van der Waals surface area contributed by atoms with Crippen LogP contribution in [0, 0.1) is 23.7 Å². The van der Waals surface area contributed by atoms with Crippen molar-refractivity contribution in [1.82, 2.24) is 15.0 Å². The van der Waals surface area contributed by atoms with Gasteiger partial charge in [0.15, 0.2) is 24.0 Å². The molecule has 1 aromatic carbocycles. The number of para-hydroxylation sites is 1. The lowest BCUT2D eigenvalue weighted by atomic mass is 9.58. The van der Waals surface area contributed by atoms with Gasteiger partial charge in [-0.1, -0.05) is 31.2 Å². The van der Waals surface area contributed by atoms with E-state index in [-0.39, 0.29) is 30.1 Å². The third kappa shape index (κ3) is 3.58. The number of benzene rings is 1. The Bertz CT molecular complexity index is 1160. The van der Waals surface area contributed by atoms with Crippen LogP contribution >= 0.6 is 0 Å². The average Bonchev–Trinajstić information content (AvgIpc) is 3.26. The number of ether oxygens (including phenoxy) is 3. The SMILES string of the molecule is CC(=O)c1ccccc1-n1cc(CO[C@H]2O[C@@H]3O[C@]4(C)OO[C@]35[C@@H](CC[C@@H](C)[C@@H]5C[C@H]4O)[C@H]2C)nn1. The first kappa shape index (κ1) is 24.1. The number of rotatable bonds is 5. The van der Waals surface area contributed by atoms with Crippen LogP contribution in [0.2, 0.25) is 0 Å². The van der Waals surface area contributed by atoms with Crippen LogP contribution in [-0.2, 0) is 30.6 Å². The molecule has 1 spiro atoms. The van der Waals surface area contributed by atoms with Gasteiger partial charge in [0, 0.05) is 23.3 Å². The Balaban J connectivity index is 1.22. The molecule has 194 valence electrons. The summed E-state index contributed by atoms with van der Waals surface area (Å²) in [6.45, 7) is 7.70. The van der Waals surface area contributed by atoms with Crippen molar-refractivity contribution in [3.05, 3.63) is 41.7 Å². The molecule has 10 nitrogen and oxygen atoms in total. The number of fused-ring (bicyclic) bond motifs is 2. The molecular formula is C26H33N3O7. The normalized spacial score (nSPS) is 41.5. The number of ketones is 1. The minimum absolute atomic E-state index is 0.00321. The zero-order valence-electron chi connectivity index (χ0n) is 21.0. The largest absolute Gasteiger partial charge is 0.387 e. The first-order valence-corrected chi connectivity index (χ1v) is 12.7. The topological polar surface area (TPSA) is 114 Å². The predicted octanol–water partition coefficient (Wildman–Crippen LogP) is 3.17. The molecule has 0 amide bonds. The van der Waals surface area contributed by atoms with Gasteiger partial charge in [-0.15, -0.1) is 5.10 Å². The molecule has 5 fully saturated rings. The maximum atomic E-state index is 12.0. The van der Waals surface area contributed by atoms with E-state index in [9.17, 15) is 9.90 Å². The summed E-state index contributed by atoms with van der Waals surface area (Å²) >= 11 is 0. The highest BCUT2D eigenvalue weighted by Crippen LogP contribution is 2.60. The van der Waals surface area contributed by atoms with Crippen LogP contribution in [-0.4, -0.2) is 56.0 Å². The van der Waals surface area contributed by atoms with E-state index in [1.807, 2.05) is 18.2 Å². The van der Waals surface area contributed by atoms with Crippen LogP contribution < -0.4 is 0 Å². The van der Waals surface area contributed by atoms with E-state index in [4.69, 9.17) is 24.0 Å². The lowest BCUT2D eigenvalue weighted by molar-refractivity contribution is -0.583. The van der Waals surface area contributed by atoms with E-state index >= 15 is 0 Å². The number of aromatic nitrogens is 3. The average molecular weight is 500 g/mol. The maximum Gasteiger partial charge on any atom is 0.227 e. The van der Waals surface area contributed by atoms with Crippen molar-refractivity contribution >= 4 is 5.78 Å². The van der Waals surface area contributed by atoms with Gasteiger partial charge in [-0.3, -0.25) is 4.79 Å². The third-order valence-electron chi connectivity index (χ3n) is 8.71. The van der Waals surface area contributed by atoms with E-state index in [1.54, 1.807) is 23.9 Å². The van der Waals surface area contributed by atoms with Gasteiger partial charge in [0.2, 0.25) is 5.79 Å². The monoisotopic (exact) mass is 499 g/mol. The van der Waals surface area contributed by atoms with Crippen molar-refractivity contribution in [3.8, 4) is 5.69 Å². The highest BCUT2D eigenvalue weighted by atomic mass is 17.3. The molecule has 0 unspecified atom stereocenters. The Labute approximate surface area is 209 Å². The molecule has 5 heterocycles. The molecule has 9 atom stereocenters. The highest BCUT2D eigenvalue weighted by molar-refractivity contribution is 5.97. The van der Waals surface area contributed by atoms with E-state index in [0.717, 1.165) is 12.8 Å². The number of Topliss-reactive ketones (excluding diaryl/α,β-unsaturated/α-hetero) is 1. The number of nitrogens with zero attached hydrogens (tertiary/aromatic N) is 3. The molecule has 2 bridgehead atoms. The van der Waals surface area contributed by atoms with Crippen LogP contribution in [0.1, 0.15) is 63.0 Å². The number of hydrogen-bond acceptors (Lipinski definition) is 9. The molecule has 5 aliphatic rings. The highest BCUT2D eigenvalue weighted by Gasteiger charge is 2.71. The van der Waals surface area contributed by atoms with Crippen molar-refractivity contribution < 1.29 is 33.9 Å².